The summed E-state index contributed by atoms with van der Waals surface area (Å²) in [5.74, 6) is 0.518. The zero-order chi connectivity index (χ0) is 10.8. The van der Waals surface area contributed by atoms with Gasteiger partial charge < -0.3 is 5.32 Å². The van der Waals surface area contributed by atoms with E-state index in [0.717, 1.165) is 11.1 Å². The molecule has 16 heavy (non-hydrogen) atoms. The fraction of sp³-hybridized carbons (Fsp3) is 0. The third-order valence-electron chi connectivity index (χ3n) is 2.11. The number of hydrogen-bond acceptors (Lipinski definition) is 5. The second-order valence-corrected chi connectivity index (χ2v) is 3.23. The van der Waals surface area contributed by atoms with Crippen LogP contribution in [0.2, 0.25) is 0 Å². The lowest BCUT2D eigenvalue weighted by Gasteiger charge is -2.02. The Kier molecular flexibility index (Phi) is 1.96. The minimum Gasteiger partial charge on any atom is -0.323 e. The van der Waals surface area contributed by atoms with E-state index >= 15 is 0 Å². The Bertz CT molecular complexity index is 603. The van der Waals surface area contributed by atoms with Crippen LogP contribution in [0.3, 0.4) is 0 Å². The maximum absolute atomic E-state index is 4.26. The standard InChI is InChI=1S/C10H8N6/c1-2-8(6-11-3-1)14-10-12-4-7-5-13-16-9(7)15-10/h1-6H,(H2,12,13,14,15,16). The zero-order valence-electron chi connectivity index (χ0n) is 8.25. The van der Waals surface area contributed by atoms with Crippen LogP contribution < -0.4 is 5.32 Å². The monoisotopic (exact) mass is 212 g/mol. The van der Waals surface area contributed by atoms with E-state index < -0.39 is 0 Å². The van der Waals surface area contributed by atoms with Crippen LogP contribution >= 0.6 is 0 Å². The fourth-order valence-electron chi connectivity index (χ4n) is 1.36. The molecule has 3 rings (SSSR count). The van der Waals surface area contributed by atoms with Crippen LogP contribution in [0.25, 0.3) is 11.0 Å². The van der Waals surface area contributed by atoms with Gasteiger partial charge in [-0.15, -0.1) is 0 Å². The average molecular weight is 212 g/mol. The van der Waals surface area contributed by atoms with Gasteiger partial charge in [0.2, 0.25) is 5.95 Å². The van der Waals surface area contributed by atoms with Gasteiger partial charge in [-0.25, -0.2) is 4.98 Å². The van der Waals surface area contributed by atoms with Gasteiger partial charge in [-0.2, -0.15) is 10.1 Å². The molecule has 0 aliphatic rings. The number of aromatic nitrogens is 5. The van der Waals surface area contributed by atoms with E-state index in [2.05, 4.69) is 30.5 Å². The van der Waals surface area contributed by atoms with E-state index in [4.69, 9.17) is 0 Å². The molecule has 0 unspecified atom stereocenters. The zero-order valence-corrected chi connectivity index (χ0v) is 8.25. The molecule has 6 heteroatoms. The molecule has 3 aromatic heterocycles. The Morgan fingerprint density at radius 3 is 3.06 bits per heavy atom. The molecular formula is C10H8N6. The first kappa shape index (κ1) is 8.78. The first-order valence-electron chi connectivity index (χ1n) is 4.75. The Morgan fingerprint density at radius 1 is 1.19 bits per heavy atom. The van der Waals surface area contributed by atoms with Crippen molar-refractivity contribution in [3.05, 3.63) is 36.9 Å². The van der Waals surface area contributed by atoms with Crippen LogP contribution in [0.5, 0.6) is 0 Å². The molecule has 0 bridgehead atoms. The fourth-order valence-corrected chi connectivity index (χ4v) is 1.36. The minimum atomic E-state index is 0.518. The highest BCUT2D eigenvalue weighted by Crippen LogP contribution is 2.13. The Labute approximate surface area is 90.8 Å². The maximum atomic E-state index is 4.26. The molecule has 0 amide bonds. The molecule has 0 fully saturated rings. The van der Waals surface area contributed by atoms with E-state index in [9.17, 15) is 0 Å². The Balaban J connectivity index is 1.94. The Morgan fingerprint density at radius 2 is 2.19 bits per heavy atom. The predicted molar refractivity (Wildman–Crippen MR) is 59.2 cm³/mol. The number of H-pyrrole nitrogens is 1. The molecule has 0 radical (unpaired) electrons. The van der Waals surface area contributed by atoms with E-state index in [0.29, 0.717) is 11.6 Å². The lowest BCUT2D eigenvalue weighted by Crippen LogP contribution is -1.96. The second kappa shape index (κ2) is 3.58. The number of nitrogens with one attached hydrogen (secondary N) is 2. The van der Waals surface area contributed by atoms with Crippen molar-refractivity contribution in [1.82, 2.24) is 25.1 Å². The van der Waals surface area contributed by atoms with Crippen molar-refractivity contribution in [3.63, 3.8) is 0 Å². The smallest absolute Gasteiger partial charge is 0.229 e. The van der Waals surface area contributed by atoms with Gasteiger partial charge >= 0.3 is 0 Å². The van der Waals surface area contributed by atoms with E-state index in [1.165, 1.54) is 0 Å². The van der Waals surface area contributed by atoms with Crippen LogP contribution in [-0.2, 0) is 0 Å². The van der Waals surface area contributed by atoms with Crippen LogP contribution in [0, 0.1) is 0 Å². The highest BCUT2D eigenvalue weighted by atomic mass is 15.2. The number of aromatic amines is 1. The molecule has 2 N–H and O–H groups in total. The molecule has 0 aliphatic heterocycles. The summed E-state index contributed by atoms with van der Waals surface area (Å²) in [4.78, 5) is 12.4. The molecule has 6 nitrogen and oxygen atoms in total. The summed E-state index contributed by atoms with van der Waals surface area (Å²) in [5, 5.41) is 10.6. The third kappa shape index (κ3) is 1.56. The predicted octanol–water partition coefficient (Wildman–Crippen LogP) is 1.49. The summed E-state index contributed by atoms with van der Waals surface area (Å²) in [7, 11) is 0. The van der Waals surface area contributed by atoms with Crippen molar-refractivity contribution in [1.29, 1.82) is 0 Å². The summed E-state index contributed by atoms with van der Waals surface area (Å²) < 4.78 is 0. The van der Waals surface area contributed by atoms with Gasteiger partial charge in [-0.3, -0.25) is 10.1 Å². The quantitative estimate of drug-likeness (QED) is 0.672. The average Bonchev–Trinajstić information content (AvgIpc) is 2.77. The maximum Gasteiger partial charge on any atom is 0.229 e. The van der Waals surface area contributed by atoms with Crippen LogP contribution in [0.15, 0.2) is 36.9 Å². The van der Waals surface area contributed by atoms with Gasteiger partial charge in [0, 0.05) is 12.4 Å². The molecule has 78 valence electrons. The molecule has 3 heterocycles. The number of rotatable bonds is 2. The molecule has 0 spiro atoms. The first-order chi connectivity index (χ1) is 7.92. The molecule has 3 aromatic rings. The van der Waals surface area contributed by atoms with Gasteiger partial charge in [0.15, 0.2) is 5.65 Å². The number of pyridine rings is 1. The van der Waals surface area contributed by atoms with Crippen LogP contribution in [0.1, 0.15) is 0 Å². The molecule has 0 aliphatic carbocycles. The van der Waals surface area contributed by atoms with Crippen molar-refractivity contribution in [2.75, 3.05) is 5.32 Å². The summed E-state index contributed by atoms with van der Waals surface area (Å²) in [6.07, 6.45) is 6.82. The van der Waals surface area contributed by atoms with E-state index in [1.54, 1.807) is 24.8 Å². The molecule has 0 saturated carbocycles. The Hall–Kier alpha value is -2.50. The summed E-state index contributed by atoms with van der Waals surface area (Å²) in [6, 6.07) is 3.74. The third-order valence-corrected chi connectivity index (χ3v) is 2.11. The molecule has 0 atom stereocenters. The van der Waals surface area contributed by atoms with Crippen LogP contribution in [0.4, 0.5) is 11.6 Å². The molecular weight excluding hydrogens is 204 g/mol. The van der Waals surface area contributed by atoms with E-state index in [1.807, 2.05) is 12.1 Å². The van der Waals surface area contributed by atoms with Gasteiger partial charge in [0.1, 0.15) is 0 Å². The molecule has 0 aromatic carbocycles. The second-order valence-electron chi connectivity index (χ2n) is 3.23. The van der Waals surface area contributed by atoms with Crippen molar-refractivity contribution in [2.24, 2.45) is 0 Å². The number of fused-ring (bicyclic) bond motifs is 1. The highest BCUT2D eigenvalue weighted by Gasteiger charge is 2.01. The lowest BCUT2D eigenvalue weighted by molar-refractivity contribution is 1.09. The topological polar surface area (TPSA) is 79.4 Å². The highest BCUT2D eigenvalue weighted by molar-refractivity contribution is 5.74. The van der Waals surface area contributed by atoms with Crippen molar-refractivity contribution in [3.8, 4) is 0 Å². The van der Waals surface area contributed by atoms with Gasteiger partial charge in [0.25, 0.3) is 0 Å². The summed E-state index contributed by atoms with van der Waals surface area (Å²) >= 11 is 0. The SMILES string of the molecule is c1cncc(Nc2ncc3cn[nH]c3n2)c1. The first-order valence-corrected chi connectivity index (χ1v) is 4.75. The summed E-state index contributed by atoms with van der Waals surface area (Å²) in [6.45, 7) is 0. The van der Waals surface area contributed by atoms with E-state index in [-0.39, 0.29) is 0 Å². The van der Waals surface area contributed by atoms with Gasteiger partial charge in [-0.1, -0.05) is 0 Å². The molecule has 0 saturated heterocycles. The van der Waals surface area contributed by atoms with Crippen molar-refractivity contribution < 1.29 is 0 Å². The number of hydrogen-bond donors (Lipinski definition) is 2. The van der Waals surface area contributed by atoms with Crippen LogP contribution in [-0.4, -0.2) is 25.1 Å². The summed E-state index contributed by atoms with van der Waals surface area (Å²) in [5.41, 5.74) is 1.56. The lowest BCUT2D eigenvalue weighted by atomic mass is 10.4. The van der Waals surface area contributed by atoms with Crippen molar-refractivity contribution >= 4 is 22.7 Å². The normalized spacial score (nSPS) is 10.5. The largest absolute Gasteiger partial charge is 0.323 e. The number of anilines is 2. The van der Waals surface area contributed by atoms with Gasteiger partial charge in [0.05, 0.1) is 23.5 Å². The van der Waals surface area contributed by atoms with Crippen molar-refractivity contribution in [2.45, 2.75) is 0 Å². The van der Waals surface area contributed by atoms with Gasteiger partial charge in [-0.05, 0) is 12.1 Å². The number of nitrogens with zero attached hydrogens (tertiary/aromatic N) is 4. The minimum absolute atomic E-state index is 0.518.